The van der Waals surface area contributed by atoms with Gasteiger partial charge in [-0.05, 0) is 48.9 Å². The number of anilines is 1. The van der Waals surface area contributed by atoms with E-state index in [0.29, 0.717) is 12.0 Å². The minimum absolute atomic E-state index is 0.188. The van der Waals surface area contributed by atoms with E-state index < -0.39 is 6.36 Å². The van der Waals surface area contributed by atoms with Crippen LogP contribution in [0.25, 0.3) is 0 Å². The molecule has 106 valence electrons. The standard InChI is InChI=1S/C14H18F3NO/c1-9(2)10-7-12(8-10)18-11-3-5-13(6-4-11)19-14(15,16)17/h3-6,9-10,12,18H,7-8H2,1-2H3. The summed E-state index contributed by atoms with van der Waals surface area (Å²) in [6, 6.07) is 6.32. The maximum absolute atomic E-state index is 12.0. The average molecular weight is 273 g/mol. The fraction of sp³-hybridized carbons (Fsp3) is 0.571. The summed E-state index contributed by atoms with van der Waals surface area (Å²) >= 11 is 0. The van der Waals surface area contributed by atoms with Crippen molar-refractivity contribution in [2.75, 3.05) is 5.32 Å². The fourth-order valence-corrected chi connectivity index (χ4v) is 2.31. The first-order valence-electron chi connectivity index (χ1n) is 6.46. The average Bonchev–Trinajstić information content (AvgIpc) is 2.22. The van der Waals surface area contributed by atoms with Gasteiger partial charge in [0.25, 0.3) is 0 Å². The van der Waals surface area contributed by atoms with E-state index in [-0.39, 0.29) is 5.75 Å². The second-order valence-electron chi connectivity index (χ2n) is 5.39. The van der Waals surface area contributed by atoms with Gasteiger partial charge in [-0.2, -0.15) is 0 Å². The summed E-state index contributed by atoms with van der Waals surface area (Å²) in [5.74, 6) is 1.26. The Morgan fingerprint density at radius 1 is 1.16 bits per heavy atom. The van der Waals surface area contributed by atoms with E-state index in [1.807, 2.05) is 0 Å². The third kappa shape index (κ3) is 4.04. The highest BCUT2D eigenvalue weighted by Crippen LogP contribution is 2.35. The van der Waals surface area contributed by atoms with Crippen LogP contribution in [0.3, 0.4) is 0 Å². The van der Waals surface area contributed by atoms with Crippen molar-refractivity contribution < 1.29 is 17.9 Å². The van der Waals surface area contributed by atoms with Crippen molar-refractivity contribution in [3.8, 4) is 5.75 Å². The molecule has 0 radical (unpaired) electrons. The lowest BCUT2D eigenvalue weighted by atomic mass is 9.73. The van der Waals surface area contributed by atoms with Gasteiger partial charge in [0.2, 0.25) is 0 Å². The Hall–Kier alpha value is -1.39. The largest absolute Gasteiger partial charge is 0.573 e. The van der Waals surface area contributed by atoms with Gasteiger partial charge in [-0.25, -0.2) is 0 Å². The molecule has 0 bridgehead atoms. The van der Waals surface area contributed by atoms with Crippen molar-refractivity contribution in [2.45, 2.75) is 39.1 Å². The SMILES string of the molecule is CC(C)C1CC(Nc2ccc(OC(F)(F)F)cc2)C1. The first-order chi connectivity index (χ1) is 8.83. The molecule has 1 aromatic rings. The molecule has 1 fully saturated rings. The number of ether oxygens (including phenoxy) is 1. The first-order valence-corrected chi connectivity index (χ1v) is 6.46. The number of hydrogen-bond acceptors (Lipinski definition) is 2. The van der Waals surface area contributed by atoms with Crippen LogP contribution in [0.1, 0.15) is 26.7 Å². The Morgan fingerprint density at radius 3 is 2.21 bits per heavy atom. The normalized spacial score (nSPS) is 23.1. The molecule has 5 heteroatoms. The van der Waals surface area contributed by atoms with Gasteiger partial charge in [0.1, 0.15) is 5.75 Å². The molecule has 1 saturated carbocycles. The first kappa shape index (κ1) is 14.0. The molecule has 0 unspecified atom stereocenters. The van der Waals surface area contributed by atoms with Crippen LogP contribution in [0, 0.1) is 11.8 Å². The minimum atomic E-state index is -4.63. The van der Waals surface area contributed by atoms with Crippen LogP contribution >= 0.6 is 0 Å². The fourth-order valence-electron chi connectivity index (χ4n) is 2.31. The van der Waals surface area contributed by atoms with Crippen molar-refractivity contribution in [1.82, 2.24) is 0 Å². The number of hydrogen-bond donors (Lipinski definition) is 1. The quantitative estimate of drug-likeness (QED) is 0.876. The molecule has 1 aromatic carbocycles. The van der Waals surface area contributed by atoms with Crippen LogP contribution in [0.5, 0.6) is 5.75 Å². The van der Waals surface area contributed by atoms with E-state index in [1.54, 1.807) is 12.1 Å². The van der Waals surface area contributed by atoms with E-state index in [0.717, 1.165) is 24.4 Å². The van der Waals surface area contributed by atoms with Gasteiger partial charge >= 0.3 is 6.36 Å². The highest BCUT2D eigenvalue weighted by molar-refractivity contribution is 5.47. The van der Waals surface area contributed by atoms with Crippen LogP contribution in [-0.2, 0) is 0 Å². The number of nitrogens with one attached hydrogen (secondary N) is 1. The second-order valence-corrected chi connectivity index (χ2v) is 5.39. The molecule has 1 N–H and O–H groups in total. The Balaban J connectivity index is 1.83. The highest BCUT2D eigenvalue weighted by Gasteiger charge is 2.32. The van der Waals surface area contributed by atoms with Gasteiger partial charge in [0.15, 0.2) is 0 Å². The third-order valence-corrected chi connectivity index (χ3v) is 3.58. The Kier molecular flexibility index (Phi) is 3.92. The van der Waals surface area contributed by atoms with Gasteiger partial charge in [-0.3, -0.25) is 0 Å². The van der Waals surface area contributed by atoms with Crippen LogP contribution < -0.4 is 10.1 Å². The molecule has 0 spiro atoms. The molecule has 1 aliphatic carbocycles. The Labute approximate surface area is 111 Å². The molecule has 0 saturated heterocycles. The van der Waals surface area contributed by atoms with Crippen LogP contribution in [0.15, 0.2) is 24.3 Å². The molecule has 0 heterocycles. The summed E-state index contributed by atoms with van der Waals surface area (Å²) in [5.41, 5.74) is 0.835. The zero-order valence-corrected chi connectivity index (χ0v) is 11.0. The van der Waals surface area contributed by atoms with E-state index in [4.69, 9.17) is 0 Å². The summed E-state index contributed by atoms with van der Waals surface area (Å²) in [7, 11) is 0. The maximum atomic E-state index is 12.0. The van der Waals surface area contributed by atoms with Crippen molar-refractivity contribution in [1.29, 1.82) is 0 Å². The van der Waals surface area contributed by atoms with Gasteiger partial charge < -0.3 is 10.1 Å². The summed E-state index contributed by atoms with van der Waals surface area (Å²) < 4.78 is 39.8. The molecule has 1 aliphatic rings. The van der Waals surface area contributed by atoms with E-state index in [1.165, 1.54) is 12.1 Å². The summed E-state index contributed by atoms with van der Waals surface area (Å²) in [4.78, 5) is 0. The molecule has 0 aromatic heterocycles. The van der Waals surface area contributed by atoms with E-state index in [2.05, 4.69) is 23.9 Å². The Morgan fingerprint density at radius 2 is 1.74 bits per heavy atom. The molecular weight excluding hydrogens is 255 g/mol. The third-order valence-electron chi connectivity index (χ3n) is 3.58. The van der Waals surface area contributed by atoms with Gasteiger partial charge in [0, 0.05) is 11.7 Å². The lowest BCUT2D eigenvalue weighted by Gasteiger charge is -2.39. The van der Waals surface area contributed by atoms with Gasteiger partial charge in [-0.15, -0.1) is 13.2 Å². The number of benzene rings is 1. The van der Waals surface area contributed by atoms with Crippen LogP contribution in [0.2, 0.25) is 0 Å². The number of rotatable bonds is 4. The summed E-state index contributed by atoms with van der Waals surface area (Å²) in [6.45, 7) is 4.42. The van der Waals surface area contributed by atoms with E-state index in [9.17, 15) is 13.2 Å². The minimum Gasteiger partial charge on any atom is -0.406 e. The van der Waals surface area contributed by atoms with Gasteiger partial charge in [0.05, 0.1) is 0 Å². The van der Waals surface area contributed by atoms with Crippen molar-refractivity contribution in [3.63, 3.8) is 0 Å². The smallest absolute Gasteiger partial charge is 0.406 e. The van der Waals surface area contributed by atoms with Crippen molar-refractivity contribution in [3.05, 3.63) is 24.3 Å². The maximum Gasteiger partial charge on any atom is 0.573 e. The number of halogens is 3. The monoisotopic (exact) mass is 273 g/mol. The predicted molar refractivity (Wildman–Crippen MR) is 68.1 cm³/mol. The molecule has 0 aliphatic heterocycles. The van der Waals surface area contributed by atoms with E-state index >= 15 is 0 Å². The molecule has 0 amide bonds. The zero-order chi connectivity index (χ0) is 14.0. The lowest BCUT2D eigenvalue weighted by molar-refractivity contribution is -0.274. The van der Waals surface area contributed by atoms with Crippen molar-refractivity contribution >= 4 is 5.69 Å². The molecule has 0 atom stereocenters. The molecular formula is C14H18F3NO. The predicted octanol–water partition coefficient (Wildman–Crippen LogP) is 4.43. The summed E-state index contributed by atoms with van der Waals surface area (Å²) in [5, 5.41) is 3.32. The Bertz CT molecular complexity index is 408. The van der Waals surface area contributed by atoms with Crippen molar-refractivity contribution in [2.24, 2.45) is 11.8 Å². The molecule has 2 rings (SSSR count). The lowest BCUT2D eigenvalue weighted by Crippen LogP contribution is -2.37. The number of alkyl halides is 3. The van der Waals surface area contributed by atoms with Crippen LogP contribution in [0.4, 0.5) is 18.9 Å². The second kappa shape index (κ2) is 5.31. The molecule has 2 nitrogen and oxygen atoms in total. The van der Waals surface area contributed by atoms with Crippen LogP contribution in [-0.4, -0.2) is 12.4 Å². The van der Waals surface area contributed by atoms with Gasteiger partial charge in [-0.1, -0.05) is 13.8 Å². The topological polar surface area (TPSA) is 21.3 Å². The molecule has 19 heavy (non-hydrogen) atoms. The zero-order valence-electron chi connectivity index (χ0n) is 11.0. The summed E-state index contributed by atoms with van der Waals surface area (Å²) in [6.07, 6.45) is -2.38. The highest BCUT2D eigenvalue weighted by atomic mass is 19.4.